The molecule has 0 bridgehead atoms. The maximum absolute atomic E-state index is 12.8. The molecule has 0 aliphatic carbocycles. The van der Waals surface area contributed by atoms with Crippen molar-refractivity contribution in [3.05, 3.63) is 57.3 Å². The van der Waals surface area contributed by atoms with Crippen LogP contribution in [0.25, 0.3) is 0 Å². The van der Waals surface area contributed by atoms with Gasteiger partial charge in [-0.3, -0.25) is 14.4 Å². The van der Waals surface area contributed by atoms with Gasteiger partial charge in [0.2, 0.25) is 0 Å². The highest BCUT2D eigenvalue weighted by molar-refractivity contribution is 5.98. The predicted octanol–water partition coefficient (Wildman–Crippen LogP) is -3.74. The molecule has 0 atom stereocenters. The summed E-state index contributed by atoms with van der Waals surface area (Å²) in [6.07, 6.45) is 3.44. The first-order valence-electron chi connectivity index (χ1n) is 7.49. The molecule has 0 unspecified atom stereocenters. The minimum atomic E-state index is -1.25. The Labute approximate surface area is 153 Å². The van der Waals surface area contributed by atoms with E-state index in [0.717, 1.165) is 5.56 Å². The lowest BCUT2D eigenvalue weighted by molar-refractivity contribution is -0.378. The van der Waals surface area contributed by atoms with Gasteiger partial charge in [0.15, 0.2) is 12.4 Å². The largest absolute Gasteiger partial charge is 1.00 e. The number of H-pyrrole nitrogens is 1. The SMILES string of the molecule is O=C(O)CNC(=O)c1c(O)c2c(n(Cc3ccc[nH+]c3)c1=O)COC2.[Cl-]. The minimum Gasteiger partial charge on any atom is -1.00 e. The summed E-state index contributed by atoms with van der Waals surface area (Å²) in [5, 5.41) is 21.1. The molecule has 26 heavy (non-hydrogen) atoms. The fraction of sp³-hybridized carbons (Fsp3) is 0.250. The molecule has 3 heterocycles. The normalized spacial score (nSPS) is 12.2. The van der Waals surface area contributed by atoms with Gasteiger partial charge < -0.3 is 37.2 Å². The monoisotopic (exact) mass is 381 g/mol. The van der Waals surface area contributed by atoms with Gasteiger partial charge in [0.1, 0.15) is 17.9 Å². The number of carboxylic acid groups (broad SMARTS) is 1. The average Bonchev–Trinajstić information content (AvgIpc) is 3.08. The van der Waals surface area contributed by atoms with Crippen LogP contribution in [-0.2, 0) is 29.3 Å². The molecule has 0 spiro atoms. The number of hydrogen-bond donors (Lipinski definition) is 3. The molecule has 2 aromatic rings. The molecule has 0 aromatic carbocycles. The second-order valence-corrected chi connectivity index (χ2v) is 5.52. The van der Waals surface area contributed by atoms with E-state index in [4.69, 9.17) is 9.84 Å². The van der Waals surface area contributed by atoms with Crippen molar-refractivity contribution >= 4 is 11.9 Å². The number of fused-ring (bicyclic) bond motifs is 1. The Morgan fingerprint density at radius 3 is 2.77 bits per heavy atom. The Balaban J connectivity index is 0.00000243. The zero-order valence-corrected chi connectivity index (χ0v) is 14.2. The van der Waals surface area contributed by atoms with Crippen molar-refractivity contribution in [2.75, 3.05) is 6.54 Å². The van der Waals surface area contributed by atoms with E-state index in [1.165, 1.54) is 4.57 Å². The Bertz CT molecular complexity index is 897. The third kappa shape index (κ3) is 3.68. The molecule has 1 aliphatic rings. The van der Waals surface area contributed by atoms with Gasteiger partial charge >= 0.3 is 5.97 Å². The smallest absolute Gasteiger partial charge is 0.322 e. The second kappa shape index (κ2) is 7.98. The number of carbonyl (C=O) groups excluding carboxylic acids is 1. The number of aromatic hydroxyl groups is 1. The number of nitrogens with one attached hydrogen (secondary N) is 2. The molecule has 0 saturated heterocycles. The van der Waals surface area contributed by atoms with Crippen molar-refractivity contribution < 1.29 is 41.9 Å². The number of aliphatic carboxylic acids is 1. The Morgan fingerprint density at radius 1 is 1.35 bits per heavy atom. The van der Waals surface area contributed by atoms with Crippen LogP contribution in [-0.4, -0.2) is 33.2 Å². The number of pyridine rings is 2. The van der Waals surface area contributed by atoms with E-state index in [1.54, 1.807) is 18.5 Å². The van der Waals surface area contributed by atoms with E-state index in [0.29, 0.717) is 11.3 Å². The van der Waals surface area contributed by atoms with Gasteiger partial charge in [0.25, 0.3) is 11.5 Å². The van der Waals surface area contributed by atoms with Crippen molar-refractivity contribution in [2.24, 2.45) is 0 Å². The highest BCUT2D eigenvalue weighted by atomic mass is 35.5. The number of carboxylic acids is 1. The Morgan fingerprint density at radius 2 is 2.12 bits per heavy atom. The van der Waals surface area contributed by atoms with E-state index in [1.807, 2.05) is 6.07 Å². The predicted molar refractivity (Wildman–Crippen MR) is 82.9 cm³/mol. The molecule has 1 aliphatic heterocycles. The second-order valence-electron chi connectivity index (χ2n) is 5.52. The minimum absolute atomic E-state index is 0. The number of ether oxygens (including phenoxy) is 1. The molecular formula is C16H16ClN3O6. The van der Waals surface area contributed by atoms with Crippen LogP contribution in [0.2, 0.25) is 0 Å². The highest BCUT2D eigenvalue weighted by Crippen LogP contribution is 2.29. The summed E-state index contributed by atoms with van der Waals surface area (Å²) in [7, 11) is 0. The number of hydrogen-bond acceptors (Lipinski definition) is 5. The lowest BCUT2D eigenvalue weighted by Gasteiger charge is -2.15. The summed E-state index contributed by atoms with van der Waals surface area (Å²) in [6, 6.07) is 3.58. The van der Waals surface area contributed by atoms with E-state index < -0.39 is 35.3 Å². The lowest BCUT2D eigenvalue weighted by Crippen LogP contribution is -3.00. The molecule has 0 saturated carbocycles. The number of aromatic nitrogens is 2. The van der Waals surface area contributed by atoms with Gasteiger partial charge in [-0.15, -0.1) is 0 Å². The maximum atomic E-state index is 12.8. The molecule has 4 N–H and O–H groups in total. The Hall–Kier alpha value is -2.91. The zero-order valence-electron chi connectivity index (χ0n) is 13.5. The maximum Gasteiger partial charge on any atom is 0.322 e. The van der Waals surface area contributed by atoms with Crippen LogP contribution in [0.4, 0.5) is 0 Å². The molecule has 1 amide bonds. The fourth-order valence-electron chi connectivity index (χ4n) is 2.70. The average molecular weight is 382 g/mol. The van der Waals surface area contributed by atoms with Gasteiger partial charge in [-0.2, -0.15) is 0 Å². The fourth-order valence-corrected chi connectivity index (χ4v) is 2.70. The summed E-state index contributed by atoms with van der Waals surface area (Å²) < 4.78 is 6.67. The molecule has 2 aromatic heterocycles. The van der Waals surface area contributed by atoms with Crippen LogP contribution in [0.15, 0.2) is 29.3 Å². The Kier molecular flexibility index (Phi) is 5.96. The molecule has 0 fully saturated rings. The van der Waals surface area contributed by atoms with Gasteiger partial charge in [-0.05, 0) is 6.07 Å². The van der Waals surface area contributed by atoms with E-state index in [2.05, 4.69) is 10.3 Å². The highest BCUT2D eigenvalue weighted by Gasteiger charge is 2.29. The quantitative estimate of drug-likeness (QED) is 0.488. The number of halogens is 1. The summed E-state index contributed by atoms with van der Waals surface area (Å²) in [6.45, 7) is -0.256. The third-order valence-electron chi connectivity index (χ3n) is 3.88. The van der Waals surface area contributed by atoms with Gasteiger partial charge in [0, 0.05) is 17.2 Å². The van der Waals surface area contributed by atoms with Crippen molar-refractivity contribution in [1.82, 2.24) is 9.88 Å². The van der Waals surface area contributed by atoms with Crippen LogP contribution in [0.3, 0.4) is 0 Å². The lowest BCUT2D eigenvalue weighted by atomic mass is 10.1. The first-order chi connectivity index (χ1) is 12.0. The first-order valence-corrected chi connectivity index (χ1v) is 7.49. The van der Waals surface area contributed by atoms with Gasteiger partial charge in [-0.25, -0.2) is 4.98 Å². The molecule has 10 heteroatoms. The number of amides is 1. The third-order valence-corrected chi connectivity index (χ3v) is 3.88. The number of nitrogens with zero attached hydrogens (tertiary/aromatic N) is 1. The molecule has 138 valence electrons. The number of aromatic amines is 1. The van der Waals surface area contributed by atoms with Crippen molar-refractivity contribution in [3.8, 4) is 5.75 Å². The van der Waals surface area contributed by atoms with E-state index in [9.17, 15) is 19.5 Å². The number of rotatable bonds is 5. The van der Waals surface area contributed by atoms with E-state index in [-0.39, 0.29) is 32.2 Å². The topological polar surface area (TPSA) is 132 Å². The van der Waals surface area contributed by atoms with E-state index >= 15 is 0 Å². The summed E-state index contributed by atoms with van der Waals surface area (Å²) >= 11 is 0. The summed E-state index contributed by atoms with van der Waals surface area (Å²) in [4.78, 5) is 38.5. The zero-order chi connectivity index (χ0) is 18.0. The molecular weight excluding hydrogens is 366 g/mol. The summed E-state index contributed by atoms with van der Waals surface area (Å²) in [5.74, 6) is -2.65. The van der Waals surface area contributed by atoms with Crippen molar-refractivity contribution in [3.63, 3.8) is 0 Å². The van der Waals surface area contributed by atoms with Crippen LogP contribution < -0.4 is 28.3 Å². The number of carbonyl (C=O) groups is 2. The van der Waals surface area contributed by atoms with Gasteiger partial charge in [0.05, 0.1) is 25.5 Å². The van der Waals surface area contributed by atoms with Crippen molar-refractivity contribution in [1.29, 1.82) is 0 Å². The van der Waals surface area contributed by atoms with Crippen LogP contribution in [0.5, 0.6) is 5.75 Å². The first kappa shape index (κ1) is 19.4. The summed E-state index contributed by atoms with van der Waals surface area (Å²) in [5.41, 5.74) is 0.473. The molecule has 3 rings (SSSR count). The molecule has 0 radical (unpaired) electrons. The van der Waals surface area contributed by atoms with Crippen LogP contribution in [0.1, 0.15) is 27.2 Å². The van der Waals surface area contributed by atoms with Crippen LogP contribution >= 0.6 is 0 Å². The van der Waals surface area contributed by atoms with Crippen LogP contribution in [0, 0.1) is 0 Å². The van der Waals surface area contributed by atoms with Gasteiger partial charge in [-0.1, -0.05) is 0 Å². The van der Waals surface area contributed by atoms with Crippen molar-refractivity contribution in [2.45, 2.75) is 19.8 Å². The standard InChI is InChI=1S/C16H15N3O6.ClH/c20-12(21)5-18-15(23)13-14(22)10-7-25-8-11(10)19(16(13)24)6-9-2-1-3-17-4-9;/h1-4,22H,5-8H2,(H,18,23)(H,20,21);1H. The molecule has 9 nitrogen and oxygen atoms in total.